The number of hydrogen-bond acceptors (Lipinski definition) is 5. The maximum Gasteiger partial charge on any atom is 0.228 e. The highest BCUT2D eigenvalue weighted by atomic mass is 35.5. The summed E-state index contributed by atoms with van der Waals surface area (Å²) in [6, 6.07) is 3.90. The summed E-state index contributed by atoms with van der Waals surface area (Å²) in [6.45, 7) is 7.27. The third-order valence-corrected chi connectivity index (χ3v) is 7.17. The van der Waals surface area contributed by atoms with Crippen molar-refractivity contribution in [3.8, 4) is 0 Å². The zero-order valence-corrected chi connectivity index (χ0v) is 17.4. The lowest BCUT2D eigenvalue weighted by Gasteiger charge is -2.35. The van der Waals surface area contributed by atoms with Crippen LogP contribution < -0.4 is 4.90 Å². The predicted octanol–water partition coefficient (Wildman–Crippen LogP) is 4.69. The van der Waals surface area contributed by atoms with Crippen molar-refractivity contribution in [1.29, 1.82) is 0 Å². The number of anilines is 1. The number of furan rings is 1. The number of rotatable bonds is 6. The van der Waals surface area contributed by atoms with Crippen LogP contribution in [0.1, 0.15) is 32.4 Å². The highest BCUT2D eigenvalue weighted by Gasteiger charge is 2.51. The Hall–Kier alpha value is -0.850. The van der Waals surface area contributed by atoms with E-state index in [4.69, 9.17) is 27.6 Å². The third-order valence-electron chi connectivity index (χ3n) is 5.11. The molecule has 1 saturated heterocycles. The van der Waals surface area contributed by atoms with Crippen LogP contribution in [0.4, 0.5) is 5.95 Å². The van der Waals surface area contributed by atoms with Crippen LogP contribution in [0.15, 0.2) is 28.0 Å². The van der Waals surface area contributed by atoms with Crippen molar-refractivity contribution in [2.24, 2.45) is 17.8 Å². The third kappa shape index (κ3) is 4.02. The molecule has 0 spiro atoms. The first kappa shape index (κ1) is 18.5. The van der Waals surface area contributed by atoms with Crippen LogP contribution in [0.25, 0.3) is 0 Å². The number of nitrogens with zero attached hydrogens (tertiary/aromatic N) is 4. The second-order valence-electron chi connectivity index (χ2n) is 7.77. The standard InChI is InChI=1S/C18H24Cl2N4OS/c1-12-6-13(2)9-23(8-12)16-21-22-17(26-11-14-7-18(14,19)20)24(16)10-15-4-3-5-25-15/h3-5,12-14H,6-11H2,1-2H3/t12-,13-,14+/m1/s1. The van der Waals surface area contributed by atoms with E-state index >= 15 is 0 Å². The van der Waals surface area contributed by atoms with Gasteiger partial charge in [0.15, 0.2) is 5.16 Å². The number of halogens is 2. The van der Waals surface area contributed by atoms with Crippen molar-refractivity contribution in [1.82, 2.24) is 14.8 Å². The van der Waals surface area contributed by atoms with Crippen molar-refractivity contribution in [3.63, 3.8) is 0 Å². The first-order chi connectivity index (χ1) is 12.4. The van der Waals surface area contributed by atoms with Gasteiger partial charge in [-0.3, -0.25) is 4.57 Å². The molecule has 0 bridgehead atoms. The number of alkyl halides is 2. The molecule has 2 fully saturated rings. The molecule has 5 nitrogen and oxygen atoms in total. The SMILES string of the molecule is C[C@@H]1C[C@@H](C)CN(c2nnc(SC[C@@H]3CC3(Cl)Cl)n2Cc2ccco2)C1. The van der Waals surface area contributed by atoms with Crippen LogP contribution in [0.3, 0.4) is 0 Å². The molecule has 0 radical (unpaired) electrons. The van der Waals surface area contributed by atoms with Crippen molar-refractivity contribution in [2.45, 2.75) is 42.7 Å². The largest absolute Gasteiger partial charge is 0.467 e. The van der Waals surface area contributed by atoms with Gasteiger partial charge in [0, 0.05) is 24.8 Å². The molecule has 8 heteroatoms. The fraction of sp³-hybridized carbons (Fsp3) is 0.667. The van der Waals surface area contributed by atoms with Gasteiger partial charge in [0.2, 0.25) is 5.95 Å². The Balaban J connectivity index is 1.56. The van der Waals surface area contributed by atoms with Gasteiger partial charge in [0.05, 0.1) is 12.8 Å². The normalized spacial score (nSPS) is 27.7. The molecule has 4 rings (SSSR count). The Morgan fingerprint density at radius 3 is 2.62 bits per heavy atom. The lowest BCUT2D eigenvalue weighted by molar-refractivity contribution is 0.350. The van der Waals surface area contributed by atoms with E-state index in [0.717, 1.165) is 42.1 Å². The first-order valence-corrected chi connectivity index (χ1v) is 10.9. The van der Waals surface area contributed by atoms with E-state index in [0.29, 0.717) is 24.3 Å². The summed E-state index contributed by atoms with van der Waals surface area (Å²) in [7, 11) is 0. The molecule has 0 amide bonds. The molecule has 0 aromatic carbocycles. The van der Waals surface area contributed by atoms with Crippen LogP contribution in [-0.4, -0.2) is 37.9 Å². The summed E-state index contributed by atoms with van der Waals surface area (Å²) in [5, 5.41) is 9.91. The first-order valence-electron chi connectivity index (χ1n) is 9.13. The zero-order valence-electron chi connectivity index (χ0n) is 15.1. The van der Waals surface area contributed by atoms with Gasteiger partial charge in [-0.15, -0.1) is 33.4 Å². The number of piperidine rings is 1. The fourth-order valence-corrected chi connectivity index (χ4v) is 5.63. The van der Waals surface area contributed by atoms with Gasteiger partial charge in [-0.2, -0.15) is 0 Å². The topological polar surface area (TPSA) is 47.1 Å². The summed E-state index contributed by atoms with van der Waals surface area (Å²) in [5.41, 5.74) is 0. The van der Waals surface area contributed by atoms with Gasteiger partial charge in [0.25, 0.3) is 0 Å². The number of hydrogen-bond donors (Lipinski definition) is 0. The fourth-order valence-electron chi connectivity index (χ4n) is 3.77. The van der Waals surface area contributed by atoms with Gasteiger partial charge < -0.3 is 9.32 Å². The molecule has 0 N–H and O–H groups in total. The van der Waals surface area contributed by atoms with Gasteiger partial charge in [-0.1, -0.05) is 25.6 Å². The molecule has 0 unspecified atom stereocenters. The Bertz CT molecular complexity index is 738. The minimum atomic E-state index is -0.556. The molecule has 3 heterocycles. The second-order valence-corrected chi connectivity index (χ2v) is 10.3. The van der Waals surface area contributed by atoms with E-state index in [1.807, 2.05) is 12.1 Å². The summed E-state index contributed by atoms with van der Waals surface area (Å²) >= 11 is 14.0. The minimum Gasteiger partial charge on any atom is -0.467 e. The number of thioether (sulfide) groups is 1. The Morgan fingerprint density at radius 1 is 1.27 bits per heavy atom. The lowest BCUT2D eigenvalue weighted by atomic mass is 9.92. The molecule has 2 aliphatic rings. The van der Waals surface area contributed by atoms with Gasteiger partial charge in [-0.25, -0.2) is 0 Å². The summed E-state index contributed by atoms with van der Waals surface area (Å²) in [4.78, 5) is 2.36. The maximum absolute atomic E-state index is 6.17. The molecular weight excluding hydrogens is 391 g/mol. The van der Waals surface area contributed by atoms with E-state index in [2.05, 4.69) is 33.5 Å². The Labute approximate surface area is 168 Å². The van der Waals surface area contributed by atoms with Crippen LogP contribution in [0.2, 0.25) is 0 Å². The smallest absolute Gasteiger partial charge is 0.228 e. The summed E-state index contributed by atoms with van der Waals surface area (Å²) in [5.74, 6) is 4.33. The molecule has 1 aliphatic heterocycles. The van der Waals surface area contributed by atoms with Crippen LogP contribution in [0.5, 0.6) is 0 Å². The average molecular weight is 415 g/mol. The Kier molecular flexibility index (Phi) is 5.19. The van der Waals surface area contributed by atoms with Crippen molar-refractivity contribution in [2.75, 3.05) is 23.7 Å². The van der Waals surface area contributed by atoms with E-state index in [-0.39, 0.29) is 0 Å². The van der Waals surface area contributed by atoms with Crippen LogP contribution in [0, 0.1) is 17.8 Å². The molecule has 2 aromatic rings. The molecule has 3 atom stereocenters. The average Bonchev–Trinajstić information content (AvgIpc) is 2.98. The molecule has 1 saturated carbocycles. The van der Waals surface area contributed by atoms with E-state index in [1.165, 1.54) is 6.42 Å². The molecule has 2 aromatic heterocycles. The highest BCUT2D eigenvalue weighted by Crippen LogP contribution is 2.54. The van der Waals surface area contributed by atoms with Gasteiger partial charge >= 0.3 is 0 Å². The van der Waals surface area contributed by atoms with E-state index in [9.17, 15) is 0 Å². The summed E-state index contributed by atoms with van der Waals surface area (Å²) < 4.78 is 7.18. The van der Waals surface area contributed by atoms with Gasteiger partial charge in [0.1, 0.15) is 10.1 Å². The zero-order chi connectivity index (χ0) is 18.3. The molecule has 26 heavy (non-hydrogen) atoms. The highest BCUT2D eigenvalue weighted by molar-refractivity contribution is 7.99. The van der Waals surface area contributed by atoms with E-state index < -0.39 is 4.33 Å². The van der Waals surface area contributed by atoms with Crippen molar-refractivity contribution >= 4 is 40.9 Å². The lowest BCUT2D eigenvalue weighted by Crippen LogP contribution is -2.40. The summed E-state index contributed by atoms with van der Waals surface area (Å²) in [6.07, 6.45) is 3.82. The van der Waals surface area contributed by atoms with E-state index in [1.54, 1.807) is 18.0 Å². The van der Waals surface area contributed by atoms with Crippen LogP contribution >= 0.6 is 35.0 Å². The molecule has 1 aliphatic carbocycles. The molecular formula is C18H24Cl2N4OS. The predicted molar refractivity (Wildman–Crippen MR) is 106 cm³/mol. The van der Waals surface area contributed by atoms with Crippen molar-refractivity contribution < 1.29 is 4.42 Å². The Morgan fingerprint density at radius 2 is 2.00 bits per heavy atom. The molecule has 142 valence electrons. The second kappa shape index (κ2) is 7.28. The van der Waals surface area contributed by atoms with Crippen molar-refractivity contribution in [3.05, 3.63) is 24.2 Å². The minimum absolute atomic E-state index is 0.322. The number of aromatic nitrogens is 3. The monoisotopic (exact) mass is 414 g/mol. The van der Waals surface area contributed by atoms with Crippen LogP contribution in [-0.2, 0) is 6.54 Å². The quantitative estimate of drug-likeness (QED) is 0.506. The van der Waals surface area contributed by atoms with Gasteiger partial charge in [-0.05, 0) is 36.8 Å². The maximum atomic E-state index is 6.17.